The van der Waals surface area contributed by atoms with Crippen molar-refractivity contribution in [3.8, 4) is 0 Å². The van der Waals surface area contributed by atoms with Gasteiger partial charge in [0, 0.05) is 28.7 Å². The molecule has 3 saturated carbocycles. The Kier molecular flexibility index (Phi) is 8.75. The zero-order valence-electron chi connectivity index (χ0n) is 33.8. The first-order chi connectivity index (χ1) is 25.6. The van der Waals surface area contributed by atoms with Crippen LogP contribution in [0.25, 0.3) is 0 Å². The molecule has 1 aromatic rings. The van der Waals surface area contributed by atoms with E-state index in [4.69, 9.17) is 21.1 Å². The number of fused-ring (bicyclic) bond motifs is 7. The molecule has 3 aliphatic heterocycles. The standard InChI is InChI=1S/C44H57BClNO8/c1-24(2)34-29(48)19-43-35(34)27-13-14-31-41(7,17-15-30-40(5,6)32(16-18-42(30,31)8)54-33(49)20-39(3,4)38(52)53)28(27)21-45(43)44(43)23-47(36(50)37(51)55-44)22-25-9-11-26(46)12-10-25/h9-12,24,27-28,30-32H,13-23H2,1-8H3,(H,52,53). The van der Waals surface area contributed by atoms with Crippen molar-refractivity contribution in [2.45, 2.75) is 137 Å². The van der Waals surface area contributed by atoms with Gasteiger partial charge in [-0.1, -0.05) is 77.2 Å². The van der Waals surface area contributed by atoms with Crippen molar-refractivity contribution in [1.82, 2.24) is 4.90 Å². The Balaban J connectivity index is 1.11. The molecule has 7 aliphatic rings. The SMILES string of the molecule is CC(C)C1=C2C3CCC4C(C)(CCC5C(C)(C)C(OC(=O)CC(C)(C)C(=O)O)CCC54C)C3CB3C4(CN(Cc5ccc(Cl)cc5)C(=O)C(=O)O4)C32CC1=O. The highest BCUT2D eigenvalue weighted by Gasteiger charge is 2.89. The summed E-state index contributed by atoms with van der Waals surface area (Å²) in [5.74, 6) is -1.45. The van der Waals surface area contributed by atoms with Crippen LogP contribution < -0.4 is 0 Å². The van der Waals surface area contributed by atoms with Crippen LogP contribution in [0.5, 0.6) is 0 Å². The minimum Gasteiger partial charge on any atom is -0.481 e. The predicted octanol–water partition coefficient (Wildman–Crippen LogP) is 7.99. The van der Waals surface area contributed by atoms with Crippen LogP contribution in [0.15, 0.2) is 35.4 Å². The van der Waals surface area contributed by atoms with E-state index in [0.717, 1.165) is 56.0 Å². The molecular weight excluding hydrogens is 717 g/mol. The van der Waals surface area contributed by atoms with Crippen molar-refractivity contribution in [3.63, 3.8) is 0 Å². The summed E-state index contributed by atoms with van der Waals surface area (Å²) in [4.78, 5) is 67.8. The monoisotopic (exact) mass is 773 g/mol. The molecule has 1 aromatic carbocycles. The summed E-state index contributed by atoms with van der Waals surface area (Å²) >= 11 is 6.16. The normalized spacial score (nSPS) is 38.9. The quantitative estimate of drug-likeness (QED) is 0.168. The number of morpholine rings is 1. The number of esters is 2. The first-order valence-electron chi connectivity index (χ1n) is 20.6. The van der Waals surface area contributed by atoms with Gasteiger partial charge < -0.3 is 19.5 Å². The Morgan fingerprint density at radius 2 is 1.67 bits per heavy atom. The molecule has 0 bridgehead atoms. The molecule has 55 heavy (non-hydrogen) atoms. The number of ketones is 1. The molecule has 9 atom stereocenters. The van der Waals surface area contributed by atoms with Gasteiger partial charge in [0.1, 0.15) is 11.6 Å². The second kappa shape index (κ2) is 12.4. The molecule has 1 amide bonds. The van der Waals surface area contributed by atoms with Gasteiger partial charge in [-0.2, -0.15) is 0 Å². The second-order valence-electron chi connectivity index (χ2n) is 20.6. The molecule has 6 fully saturated rings. The van der Waals surface area contributed by atoms with Crippen LogP contribution in [-0.4, -0.2) is 64.5 Å². The zero-order chi connectivity index (χ0) is 39.8. The van der Waals surface area contributed by atoms with Crippen molar-refractivity contribution in [2.75, 3.05) is 6.54 Å². The van der Waals surface area contributed by atoms with Crippen molar-refractivity contribution in [1.29, 1.82) is 0 Å². The van der Waals surface area contributed by atoms with Crippen LogP contribution >= 0.6 is 11.6 Å². The topological polar surface area (TPSA) is 127 Å². The van der Waals surface area contributed by atoms with Gasteiger partial charge in [0.15, 0.2) is 5.78 Å². The number of hydrogen-bond acceptors (Lipinski definition) is 7. The lowest BCUT2D eigenvalue weighted by Crippen LogP contribution is -2.62. The number of aliphatic carboxylic acids is 1. The van der Waals surface area contributed by atoms with Crippen molar-refractivity contribution in [2.24, 2.45) is 51.2 Å². The molecule has 11 heteroatoms. The van der Waals surface area contributed by atoms with E-state index < -0.39 is 40.0 Å². The number of carboxylic acids is 1. The summed E-state index contributed by atoms with van der Waals surface area (Å²) in [6.45, 7) is 17.3. The minimum absolute atomic E-state index is 0.000341. The van der Waals surface area contributed by atoms with Gasteiger partial charge in [-0.25, -0.2) is 4.79 Å². The maximum Gasteiger partial charge on any atom is 0.396 e. The molecule has 0 aromatic heterocycles. The van der Waals surface area contributed by atoms with Crippen LogP contribution in [-0.2, 0) is 40.0 Å². The van der Waals surface area contributed by atoms with Crippen LogP contribution in [0.2, 0.25) is 16.7 Å². The molecule has 296 valence electrons. The molecule has 0 radical (unpaired) electrons. The van der Waals surface area contributed by atoms with Crippen LogP contribution in [0.1, 0.15) is 112 Å². The molecule has 8 rings (SSSR count). The number of nitrogens with zero attached hydrogens (tertiary/aromatic N) is 1. The first-order valence-corrected chi connectivity index (χ1v) is 21.0. The highest BCUT2D eigenvalue weighted by atomic mass is 35.5. The van der Waals surface area contributed by atoms with Crippen LogP contribution in [0, 0.1) is 51.2 Å². The lowest BCUT2D eigenvalue weighted by Gasteiger charge is -2.68. The molecule has 2 spiro atoms. The van der Waals surface area contributed by atoms with Crippen LogP contribution in [0.4, 0.5) is 0 Å². The van der Waals surface area contributed by atoms with Crippen molar-refractivity contribution in [3.05, 3.63) is 46.0 Å². The second-order valence-corrected chi connectivity index (χ2v) is 21.0. The molecule has 3 saturated heterocycles. The average Bonchev–Trinajstić information content (AvgIpc) is 3.42. The fourth-order valence-corrected chi connectivity index (χ4v) is 14.5. The van der Waals surface area contributed by atoms with Crippen LogP contribution in [0.3, 0.4) is 0 Å². The van der Waals surface area contributed by atoms with E-state index in [2.05, 4.69) is 41.5 Å². The van der Waals surface area contributed by atoms with Crippen molar-refractivity contribution >= 4 is 47.9 Å². The number of carboxylic acid groups (broad SMARTS) is 1. The van der Waals surface area contributed by atoms with E-state index >= 15 is 0 Å². The van der Waals surface area contributed by atoms with Gasteiger partial charge in [0.2, 0.25) is 6.71 Å². The molecule has 9 unspecified atom stereocenters. The van der Waals surface area contributed by atoms with E-state index in [1.54, 1.807) is 30.9 Å². The van der Waals surface area contributed by atoms with Gasteiger partial charge in [-0.05, 0) is 116 Å². The summed E-state index contributed by atoms with van der Waals surface area (Å²) < 4.78 is 12.6. The predicted molar refractivity (Wildman–Crippen MR) is 208 cm³/mol. The number of allylic oxidation sites excluding steroid dienone is 1. The lowest BCUT2D eigenvalue weighted by atomic mass is 9.33. The third-order valence-corrected chi connectivity index (χ3v) is 17.1. The van der Waals surface area contributed by atoms with Gasteiger partial charge in [0.05, 0.1) is 18.4 Å². The van der Waals surface area contributed by atoms with E-state index in [1.165, 1.54) is 5.57 Å². The third kappa shape index (κ3) is 5.34. The summed E-state index contributed by atoms with van der Waals surface area (Å²) in [7, 11) is 0. The minimum atomic E-state index is -1.19. The zero-order valence-corrected chi connectivity index (χ0v) is 34.5. The third-order valence-electron chi connectivity index (χ3n) is 16.8. The van der Waals surface area contributed by atoms with E-state index in [9.17, 15) is 29.1 Å². The number of ether oxygens (including phenoxy) is 2. The molecule has 4 aliphatic carbocycles. The summed E-state index contributed by atoms with van der Waals surface area (Å²) in [6, 6.07) is 7.35. The number of Topliss-reactive ketones (excluding diaryl/α,β-unsaturated/α-hetero) is 1. The molecule has 1 N–H and O–H groups in total. The average molecular weight is 774 g/mol. The number of hydrogen-bond donors (Lipinski definition) is 1. The summed E-state index contributed by atoms with van der Waals surface area (Å²) in [5, 5.41) is 9.66. The highest BCUT2D eigenvalue weighted by molar-refractivity contribution is 6.82. The van der Waals surface area contributed by atoms with E-state index in [0.29, 0.717) is 29.2 Å². The Morgan fingerprint density at radius 1 is 1.00 bits per heavy atom. The smallest absolute Gasteiger partial charge is 0.396 e. The Morgan fingerprint density at radius 3 is 2.33 bits per heavy atom. The summed E-state index contributed by atoms with van der Waals surface area (Å²) in [5.41, 5.74) is 0.638. The fraction of sp³-hybridized carbons (Fsp3) is 0.705. The lowest BCUT2D eigenvalue weighted by molar-refractivity contribution is -0.209. The van der Waals surface area contributed by atoms with Gasteiger partial charge in [0.25, 0.3) is 0 Å². The van der Waals surface area contributed by atoms with Gasteiger partial charge >= 0.3 is 23.8 Å². The Labute approximate surface area is 330 Å². The highest BCUT2D eigenvalue weighted by Crippen LogP contribution is 2.83. The number of benzene rings is 1. The molecular formula is C44H57BClNO8. The number of amides is 1. The molecule has 9 nitrogen and oxygen atoms in total. The van der Waals surface area contributed by atoms with Gasteiger partial charge in [-0.15, -0.1) is 0 Å². The number of rotatable bonds is 7. The molecule has 3 heterocycles. The van der Waals surface area contributed by atoms with E-state index in [1.807, 2.05) is 12.1 Å². The largest absolute Gasteiger partial charge is 0.481 e. The fourth-order valence-electron chi connectivity index (χ4n) is 14.4. The Hall–Kier alpha value is -3.14. The number of halogens is 1. The Bertz CT molecular complexity index is 1910. The first kappa shape index (κ1) is 38.7. The number of carbonyl (C=O) groups is 5. The maximum atomic E-state index is 14.2. The maximum absolute atomic E-state index is 14.2. The summed E-state index contributed by atoms with van der Waals surface area (Å²) in [6.07, 6.45) is 6.43. The van der Waals surface area contributed by atoms with E-state index in [-0.39, 0.29) is 66.2 Å². The number of carbonyl (C=O) groups excluding carboxylic acids is 4. The van der Waals surface area contributed by atoms with Crippen molar-refractivity contribution < 1.29 is 38.6 Å². The van der Waals surface area contributed by atoms with Gasteiger partial charge in [-0.3, -0.25) is 19.2 Å².